The second-order valence-electron chi connectivity index (χ2n) is 4.20. The Morgan fingerprint density at radius 3 is 2.38 bits per heavy atom. The molecule has 4 nitrogen and oxygen atoms in total. The van der Waals surface area contributed by atoms with E-state index >= 15 is 0 Å². The summed E-state index contributed by atoms with van der Waals surface area (Å²) in [7, 11) is 1.41. The van der Waals surface area contributed by atoms with Crippen LogP contribution in [0.15, 0.2) is 36.4 Å². The van der Waals surface area contributed by atoms with Crippen LogP contribution in [-0.4, -0.2) is 13.1 Å². The molecule has 0 heterocycles. The third-order valence-corrected chi connectivity index (χ3v) is 2.92. The van der Waals surface area contributed by atoms with Crippen molar-refractivity contribution in [3.05, 3.63) is 59.2 Å². The van der Waals surface area contributed by atoms with E-state index in [1.807, 2.05) is 0 Å². The van der Waals surface area contributed by atoms with Crippen LogP contribution in [0.5, 0.6) is 5.75 Å². The molecule has 2 N–H and O–H groups in total. The van der Waals surface area contributed by atoms with E-state index in [1.54, 1.807) is 12.1 Å². The maximum Gasteiger partial charge on any atom is 0.340 e. The van der Waals surface area contributed by atoms with Gasteiger partial charge in [-0.1, -0.05) is 12.1 Å². The van der Waals surface area contributed by atoms with E-state index in [-0.39, 0.29) is 16.8 Å². The zero-order valence-electron chi connectivity index (χ0n) is 11.2. The second-order valence-corrected chi connectivity index (χ2v) is 4.20. The van der Waals surface area contributed by atoms with Crippen LogP contribution in [0.25, 0.3) is 0 Å². The molecule has 0 aliphatic heterocycles. The molecule has 2 aromatic rings. The first kappa shape index (κ1) is 14.8. The summed E-state index contributed by atoms with van der Waals surface area (Å²) < 4.78 is 36.7. The van der Waals surface area contributed by atoms with Gasteiger partial charge in [0, 0.05) is 0 Å². The molecule has 0 amide bonds. The van der Waals surface area contributed by atoms with Crippen molar-refractivity contribution >= 4 is 11.7 Å². The van der Waals surface area contributed by atoms with Crippen molar-refractivity contribution in [3.63, 3.8) is 0 Å². The minimum atomic E-state index is -0.783. The summed E-state index contributed by atoms with van der Waals surface area (Å²) >= 11 is 0. The minimum absolute atomic E-state index is 0.0751. The van der Waals surface area contributed by atoms with Gasteiger partial charge < -0.3 is 15.2 Å². The fourth-order valence-corrected chi connectivity index (χ4v) is 1.79. The van der Waals surface area contributed by atoms with Gasteiger partial charge in [-0.3, -0.25) is 0 Å². The Balaban J connectivity index is 2.16. The zero-order valence-corrected chi connectivity index (χ0v) is 11.2. The lowest BCUT2D eigenvalue weighted by Crippen LogP contribution is -2.10. The molecule has 2 aromatic carbocycles. The molecule has 21 heavy (non-hydrogen) atoms. The largest absolute Gasteiger partial charge is 0.495 e. The first-order valence-corrected chi connectivity index (χ1v) is 6.07. The van der Waals surface area contributed by atoms with Gasteiger partial charge in [-0.2, -0.15) is 0 Å². The fourth-order valence-electron chi connectivity index (χ4n) is 1.79. The molecule has 0 aliphatic carbocycles. The second kappa shape index (κ2) is 6.21. The van der Waals surface area contributed by atoms with Gasteiger partial charge in [-0.05, 0) is 24.3 Å². The number of benzene rings is 2. The Hall–Kier alpha value is -2.63. The fraction of sp³-hybridized carbons (Fsp3) is 0.133. The van der Waals surface area contributed by atoms with Crippen molar-refractivity contribution < 1.29 is 23.0 Å². The average Bonchev–Trinajstić information content (AvgIpc) is 2.46. The molecule has 0 aromatic heterocycles. The van der Waals surface area contributed by atoms with E-state index in [0.29, 0.717) is 5.75 Å². The predicted octanol–water partition coefficient (Wildman–Crippen LogP) is 2.91. The summed E-state index contributed by atoms with van der Waals surface area (Å²) in [6, 6.07) is 8.00. The Morgan fingerprint density at radius 1 is 1.14 bits per heavy atom. The summed E-state index contributed by atoms with van der Waals surface area (Å²) in [4.78, 5) is 11.9. The first-order chi connectivity index (χ1) is 10.0. The summed E-state index contributed by atoms with van der Waals surface area (Å²) in [5, 5.41) is 0. The van der Waals surface area contributed by atoms with Crippen molar-refractivity contribution in [1.82, 2.24) is 0 Å². The Morgan fingerprint density at radius 2 is 1.76 bits per heavy atom. The molecule has 0 saturated carbocycles. The van der Waals surface area contributed by atoms with Crippen LogP contribution in [0.4, 0.5) is 14.5 Å². The zero-order chi connectivity index (χ0) is 15.4. The van der Waals surface area contributed by atoms with Gasteiger partial charge in [0.2, 0.25) is 0 Å². The lowest BCUT2D eigenvalue weighted by molar-refractivity contribution is 0.0466. The molecule has 0 aliphatic rings. The Bertz CT molecular complexity index is 654. The van der Waals surface area contributed by atoms with Crippen molar-refractivity contribution in [2.24, 2.45) is 0 Å². The van der Waals surface area contributed by atoms with Crippen molar-refractivity contribution in [2.45, 2.75) is 6.61 Å². The maximum atomic E-state index is 13.4. The summed E-state index contributed by atoms with van der Waals surface area (Å²) in [6.45, 7) is -0.520. The number of para-hydroxylation sites is 1. The first-order valence-electron chi connectivity index (χ1n) is 6.07. The lowest BCUT2D eigenvalue weighted by Gasteiger charge is -2.10. The SMILES string of the molecule is COc1cccc(C(=O)OCc2c(F)cccc2F)c1N. The number of methoxy groups -OCH3 is 1. The van der Waals surface area contributed by atoms with Gasteiger partial charge in [-0.25, -0.2) is 13.6 Å². The Labute approximate surface area is 120 Å². The summed E-state index contributed by atoms with van der Waals surface area (Å²) in [5.41, 5.74) is 5.62. The third-order valence-electron chi connectivity index (χ3n) is 2.92. The monoisotopic (exact) mass is 293 g/mol. The van der Waals surface area contributed by atoms with Crippen LogP contribution in [-0.2, 0) is 11.3 Å². The summed E-state index contributed by atoms with van der Waals surface area (Å²) in [5.74, 6) is -2.02. The van der Waals surface area contributed by atoms with E-state index in [2.05, 4.69) is 0 Å². The quantitative estimate of drug-likeness (QED) is 0.695. The smallest absolute Gasteiger partial charge is 0.340 e. The maximum absolute atomic E-state index is 13.4. The van der Waals surface area contributed by atoms with Gasteiger partial charge in [0.05, 0.1) is 23.9 Å². The van der Waals surface area contributed by atoms with Gasteiger partial charge in [-0.15, -0.1) is 0 Å². The highest BCUT2D eigenvalue weighted by atomic mass is 19.1. The molecule has 0 bridgehead atoms. The number of hydrogen-bond donors (Lipinski definition) is 1. The molecule has 2 rings (SSSR count). The Kier molecular flexibility index (Phi) is 4.37. The molecule has 0 saturated heterocycles. The average molecular weight is 293 g/mol. The van der Waals surface area contributed by atoms with Gasteiger partial charge in [0.15, 0.2) is 0 Å². The number of rotatable bonds is 4. The highest BCUT2D eigenvalue weighted by molar-refractivity contribution is 5.96. The molecule has 0 radical (unpaired) electrons. The van der Waals surface area contributed by atoms with Gasteiger partial charge in [0.25, 0.3) is 0 Å². The highest BCUT2D eigenvalue weighted by Crippen LogP contribution is 2.25. The normalized spacial score (nSPS) is 10.2. The van der Waals surface area contributed by atoms with E-state index in [9.17, 15) is 13.6 Å². The number of anilines is 1. The van der Waals surface area contributed by atoms with Gasteiger partial charge in [0.1, 0.15) is 24.0 Å². The molecule has 0 atom stereocenters. The van der Waals surface area contributed by atoms with Crippen molar-refractivity contribution in [3.8, 4) is 5.75 Å². The van der Waals surface area contributed by atoms with E-state index in [0.717, 1.165) is 12.1 Å². The topological polar surface area (TPSA) is 61.5 Å². The van der Waals surface area contributed by atoms with Crippen molar-refractivity contribution in [1.29, 1.82) is 0 Å². The molecule has 0 unspecified atom stereocenters. The van der Waals surface area contributed by atoms with Crippen LogP contribution in [0, 0.1) is 11.6 Å². The third kappa shape index (κ3) is 3.10. The van der Waals surface area contributed by atoms with Gasteiger partial charge >= 0.3 is 5.97 Å². The molecular weight excluding hydrogens is 280 g/mol. The van der Waals surface area contributed by atoms with E-state index in [4.69, 9.17) is 15.2 Å². The number of hydrogen-bond acceptors (Lipinski definition) is 4. The number of carbonyl (C=O) groups is 1. The lowest BCUT2D eigenvalue weighted by atomic mass is 10.1. The van der Waals surface area contributed by atoms with E-state index < -0.39 is 24.2 Å². The van der Waals surface area contributed by atoms with Crippen LogP contribution in [0.3, 0.4) is 0 Å². The van der Waals surface area contributed by atoms with Crippen LogP contribution in [0.2, 0.25) is 0 Å². The molecule has 110 valence electrons. The molecule has 0 spiro atoms. The number of nitrogens with two attached hydrogens (primary N) is 1. The van der Waals surface area contributed by atoms with Crippen LogP contribution < -0.4 is 10.5 Å². The standard InChI is InChI=1S/C15H13F2NO3/c1-20-13-7-2-4-9(14(13)18)15(19)21-8-10-11(16)5-3-6-12(10)17/h2-7H,8,18H2,1H3. The number of ether oxygens (including phenoxy) is 2. The molecule has 0 fully saturated rings. The number of esters is 1. The number of halogens is 2. The number of nitrogen functional groups attached to an aromatic ring is 1. The minimum Gasteiger partial charge on any atom is -0.495 e. The van der Waals surface area contributed by atoms with Crippen molar-refractivity contribution in [2.75, 3.05) is 12.8 Å². The van der Waals surface area contributed by atoms with E-state index in [1.165, 1.54) is 19.2 Å². The van der Waals surface area contributed by atoms with Crippen LogP contribution >= 0.6 is 0 Å². The number of carbonyl (C=O) groups excluding carboxylic acids is 1. The highest BCUT2D eigenvalue weighted by Gasteiger charge is 2.16. The van der Waals surface area contributed by atoms with Crippen LogP contribution in [0.1, 0.15) is 15.9 Å². The summed E-state index contributed by atoms with van der Waals surface area (Å²) in [6.07, 6.45) is 0. The predicted molar refractivity (Wildman–Crippen MR) is 72.9 cm³/mol. The molecular formula is C15H13F2NO3. The molecule has 6 heteroatoms.